The monoisotopic (exact) mass is 250 g/mol. The molecule has 102 valence electrons. The number of ether oxygens (including phenoxy) is 1. The van der Waals surface area contributed by atoms with Gasteiger partial charge in [-0.25, -0.2) is 0 Å². The second-order valence-electron chi connectivity index (χ2n) is 5.04. The maximum absolute atomic E-state index is 5.83. The Kier molecular flexibility index (Phi) is 6.16. The van der Waals surface area contributed by atoms with E-state index in [4.69, 9.17) is 10.5 Å². The van der Waals surface area contributed by atoms with Gasteiger partial charge in [0.25, 0.3) is 0 Å². The molecule has 1 atom stereocenters. The third-order valence-electron chi connectivity index (χ3n) is 3.24. The summed E-state index contributed by atoms with van der Waals surface area (Å²) in [6.07, 6.45) is 0. The summed E-state index contributed by atoms with van der Waals surface area (Å²) in [6.45, 7) is 8.76. The van der Waals surface area contributed by atoms with Crippen molar-refractivity contribution in [3.05, 3.63) is 29.8 Å². The molecule has 3 nitrogen and oxygen atoms in total. The highest BCUT2D eigenvalue weighted by atomic mass is 16.5. The number of likely N-dealkylation sites (N-methyl/N-ethyl adjacent to an activating group) is 1. The molecule has 0 saturated carbocycles. The Labute approximate surface area is 111 Å². The first kappa shape index (κ1) is 15.0. The molecule has 0 fully saturated rings. The smallest absolute Gasteiger partial charge is 0.119 e. The van der Waals surface area contributed by atoms with Crippen LogP contribution in [0.25, 0.3) is 0 Å². The van der Waals surface area contributed by atoms with Crippen molar-refractivity contribution in [2.45, 2.75) is 33.4 Å². The molecule has 0 aliphatic rings. The van der Waals surface area contributed by atoms with Crippen LogP contribution in [0.3, 0.4) is 0 Å². The lowest BCUT2D eigenvalue weighted by Gasteiger charge is -2.30. The Hall–Kier alpha value is -1.06. The quantitative estimate of drug-likeness (QED) is 0.808. The molecule has 0 saturated heterocycles. The minimum atomic E-state index is 0.427. The predicted molar refractivity (Wildman–Crippen MR) is 76.8 cm³/mol. The molecule has 0 spiro atoms. The van der Waals surface area contributed by atoms with Crippen LogP contribution in [-0.2, 0) is 6.54 Å². The lowest BCUT2D eigenvalue weighted by molar-refractivity contribution is 0.190. The van der Waals surface area contributed by atoms with Gasteiger partial charge in [-0.15, -0.1) is 0 Å². The van der Waals surface area contributed by atoms with E-state index in [-0.39, 0.29) is 0 Å². The van der Waals surface area contributed by atoms with E-state index >= 15 is 0 Å². The summed E-state index contributed by atoms with van der Waals surface area (Å²) in [7, 11) is 2.13. The van der Waals surface area contributed by atoms with Gasteiger partial charge < -0.3 is 10.5 Å². The Balaban J connectivity index is 2.60. The van der Waals surface area contributed by atoms with Crippen LogP contribution in [0.2, 0.25) is 0 Å². The van der Waals surface area contributed by atoms with Crippen LogP contribution in [0.4, 0.5) is 0 Å². The van der Waals surface area contributed by atoms with Crippen molar-refractivity contribution in [1.82, 2.24) is 4.90 Å². The van der Waals surface area contributed by atoms with Crippen molar-refractivity contribution in [2.24, 2.45) is 11.7 Å². The molecule has 0 aromatic heterocycles. The first-order valence-electron chi connectivity index (χ1n) is 6.70. The minimum absolute atomic E-state index is 0.427. The van der Waals surface area contributed by atoms with Crippen LogP contribution in [0.1, 0.15) is 26.3 Å². The lowest BCUT2D eigenvalue weighted by Crippen LogP contribution is -2.41. The molecule has 0 aliphatic heterocycles. The topological polar surface area (TPSA) is 38.5 Å². The largest absolute Gasteiger partial charge is 0.494 e. The fourth-order valence-electron chi connectivity index (χ4n) is 2.22. The van der Waals surface area contributed by atoms with Crippen molar-refractivity contribution < 1.29 is 4.74 Å². The highest BCUT2D eigenvalue weighted by Gasteiger charge is 2.16. The molecule has 2 N–H and O–H groups in total. The van der Waals surface area contributed by atoms with Gasteiger partial charge in [0.05, 0.1) is 6.61 Å². The van der Waals surface area contributed by atoms with E-state index in [0.29, 0.717) is 25.1 Å². The summed E-state index contributed by atoms with van der Waals surface area (Å²) in [5, 5.41) is 0. The predicted octanol–water partition coefficient (Wildman–Crippen LogP) is 2.50. The molecule has 1 rings (SSSR count). The van der Waals surface area contributed by atoms with Gasteiger partial charge in [-0.2, -0.15) is 0 Å². The molecular weight excluding hydrogens is 224 g/mol. The minimum Gasteiger partial charge on any atom is -0.494 e. The highest BCUT2D eigenvalue weighted by Crippen LogP contribution is 2.15. The first-order valence-corrected chi connectivity index (χ1v) is 6.70. The van der Waals surface area contributed by atoms with Crippen LogP contribution in [-0.4, -0.2) is 31.1 Å². The summed E-state index contributed by atoms with van der Waals surface area (Å²) in [4.78, 5) is 2.32. The second-order valence-corrected chi connectivity index (χ2v) is 5.04. The maximum atomic E-state index is 5.83. The van der Waals surface area contributed by atoms with Crippen LogP contribution < -0.4 is 10.5 Å². The Morgan fingerprint density at radius 3 is 2.28 bits per heavy atom. The molecule has 1 aromatic rings. The molecular formula is C15H26N2O. The number of nitrogens with zero attached hydrogens (tertiary/aromatic N) is 1. The van der Waals surface area contributed by atoms with E-state index in [1.54, 1.807) is 0 Å². The SMILES string of the molecule is CCOc1ccc(CN(C)C(CN)C(C)C)cc1. The standard InChI is InChI=1S/C15H26N2O/c1-5-18-14-8-6-13(7-9-14)11-17(4)15(10-16)12(2)3/h6-9,12,15H,5,10-11,16H2,1-4H3. The van der Waals surface area contributed by atoms with Gasteiger partial charge in [0, 0.05) is 19.1 Å². The molecule has 1 unspecified atom stereocenters. The molecule has 0 amide bonds. The highest BCUT2D eigenvalue weighted by molar-refractivity contribution is 5.27. The molecule has 3 heteroatoms. The Bertz CT molecular complexity index is 335. The summed E-state index contributed by atoms with van der Waals surface area (Å²) in [5.41, 5.74) is 7.12. The average molecular weight is 250 g/mol. The average Bonchev–Trinajstić information content (AvgIpc) is 2.32. The summed E-state index contributed by atoms with van der Waals surface area (Å²) in [5.74, 6) is 1.51. The summed E-state index contributed by atoms with van der Waals surface area (Å²) < 4.78 is 5.44. The van der Waals surface area contributed by atoms with Crippen molar-refractivity contribution in [3.63, 3.8) is 0 Å². The molecule has 0 radical (unpaired) electrons. The van der Waals surface area contributed by atoms with Gasteiger partial charge >= 0.3 is 0 Å². The first-order chi connectivity index (χ1) is 8.58. The van der Waals surface area contributed by atoms with Gasteiger partial charge in [-0.05, 0) is 37.6 Å². The summed E-state index contributed by atoms with van der Waals surface area (Å²) >= 11 is 0. The zero-order chi connectivity index (χ0) is 13.5. The van der Waals surface area contributed by atoms with Crippen molar-refractivity contribution in [2.75, 3.05) is 20.2 Å². The van der Waals surface area contributed by atoms with Gasteiger partial charge in [0.1, 0.15) is 5.75 Å². The zero-order valence-electron chi connectivity index (χ0n) is 12.0. The van der Waals surface area contributed by atoms with Crippen LogP contribution in [0, 0.1) is 5.92 Å². The second kappa shape index (κ2) is 7.39. The van der Waals surface area contributed by atoms with E-state index in [9.17, 15) is 0 Å². The number of hydrogen-bond acceptors (Lipinski definition) is 3. The van der Waals surface area contributed by atoms with Gasteiger partial charge in [0.2, 0.25) is 0 Å². The third kappa shape index (κ3) is 4.31. The Morgan fingerprint density at radius 2 is 1.83 bits per heavy atom. The molecule has 1 aromatic carbocycles. The Morgan fingerprint density at radius 1 is 1.22 bits per heavy atom. The maximum Gasteiger partial charge on any atom is 0.119 e. The van der Waals surface area contributed by atoms with Crippen molar-refractivity contribution in [3.8, 4) is 5.75 Å². The summed E-state index contributed by atoms with van der Waals surface area (Å²) in [6, 6.07) is 8.72. The lowest BCUT2D eigenvalue weighted by atomic mass is 10.0. The van der Waals surface area contributed by atoms with E-state index in [0.717, 1.165) is 12.3 Å². The normalized spacial score (nSPS) is 13.1. The third-order valence-corrected chi connectivity index (χ3v) is 3.24. The molecule has 18 heavy (non-hydrogen) atoms. The number of rotatable bonds is 7. The van der Waals surface area contributed by atoms with Crippen molar-refractivity contribution >= 4 is 0 Å². The van der Waals surface area contributed by atoms with Crippen molar-refractivity contribution in [1.29, 1.82) is 0 Å². The van der Waals surface area contributed by atoms with E-state index in [2.05, 4.69) is 37.9 Å². The zero-order valence-corrected chi connectivity index (χ0v) is 12.0. The van der Waals surface area contributed by atoms with Gasteiger partial charge in [-0.3, -0.25) is 4.90 Å². The van der Waals surface area contributed by atoms with E-state index in [1.165, 1.54) is 5.56 Å². The molecule has 0 aliphatic carbocycles. The van der Waals surface area contributed by atoms with Crippen LogP contribution in [0.5, 0.6) is 5.75 Å². The van der Waals surface area contributed by atoms with Crippen LogP contribution in [0.15, 0.2) is 24.3 Å². The van der Waals surface area contributed by atoms with Crippen LogP contribution >= 0.6 is 0 Å². The molecule has 0 bridgehead atoms. The fraction of sp³-hybridized carbons (Fsp3) is 0.600. The fourth-order valence-corrected chi connectivity index (χ4v) is 2.22. The number of hydrogen-bond donors (Lipinski definition) is 1. The van der Waals surface area contributed by atoms with Gasteiger partial charge in [-0.1, -0.05) is 26.0 Å². The molecule has 0 heterocycles. The number of benzene rings is 1. The van der Waals surface area contributed by atoms with E-state index < -0.39 is 0 Å². The van der Waals surface area contributed by atoms with E-state index in [1.807, 2.05) is 19.1 Å². The number of nitrogens with two attached hydrogens (primary N) is 1. The van der Waals surface area contributed by atoms with Gasteiger partial charge in [0.15, 0.2) is 0 Å².